The van der Waals surface area contributed by atoms with E-state index < -0.39 is 0 Å². The molecule has 10 heavy (non-hydrogen) atoms. The molecule has 1 fully saturated rings. The summed E-state index contributed by atoms with van der Waals surface area (Å²) in [5.41, 5.74) is 0. The van der Waals surface area contributed by atoms with Crippen LogP contribution in [0.1, 0.15) is 19.3 Å². The number of rotatable bonds is 2. The Hall–Kier alpha value is 0.605. The van der Waals surface area contributed by atoms with Gasteiger partial charge in [-0.3, -0.25) is 0 Å². The van der Waals surface area contributed by atoms with Crippen LogP contribution in [0.4, 0.5) is 0 Å². The predicted molar refractivity (Wildman–Crippen MR) is 42.7 cm³/mol. The number of hydrogen-bond donors (Lipinski definition) is 0. The van der Waals surface area contributed by atoms with Crippen molar-refractivity contribution in [2.75, 3.05) is 6.61 Å². The zero-order valence-corrected chi connectivity index (χ0v) is 10.6. The summed E-state index contributed by atoms with van der Waals surface area (Å²) in [4.78, 5) is 0. The molecule has 0 aliphatic carbocycles. The molecule has 0 spiro atoms. The predicted octanol–water partition coefficient (Wildman–Crippen LogP) is 0.432. The summed E-state index contributed by atoms with van der Waals surface area (Å²) in [6.07, 6.45) is 3.95. The Morgan fingerprint density at radius 3 is 2.90 bits per heavy atom. The van der Waals surface area contributed by atoms with Crippen LogP contribution in [0.5, 0.6) is 0 Å². The van der Waals surface area contributed by atoms with Crippen LogP contribution >= 0.6 is 0 Å². The van der Waals surface area contributed by atoms with Gasteiger partial charge in [0.2, 0.25) is 0 Å². The average molecular weight is 337 g/mol. The first-order valence-corrected chi connectivity index (χ1v) is 7.04. The van der Waals surface area contributed by atoms with Gasteiger partial charge in [-0.25, -0.2) is 0 Å². The number of hydrogen-bond acceptors (Lipinski definition) is 1. The third-order valence-electron chi connectivity index (χ3n) is 1.65. The van der Waals surface area contributed by atoms with Gasteiger partial charge in [0.15, 0.2) is 0 Å². The molecule has 1 aliphatic rings. The Balaban J connectivity index is 2.39. The van der Waals surface area contributed by atoms with Gasteiger partial charge in [-0.2, -0.15) is 0 Å². The summed E-state index contributed by atoms with van der Waals surface area (Å²) in [5, 5.41) is 0. The van der Waals surface area contributed by atoms with Gasteiger partial charge in [0.25, 0.3) is 0 Å². The molecule has 1 aliphatic heterocycles. The zero-order chi connectivity index (χ0) is 7.45. The molecule has 62 valence electrons. The molecule has 0 aromatic carbocycles. The molecule has 0 N–H and O–H groups in total. The monoisotopic (exact) mass is 337 g/mol. The Bertz CT molecular complexity index is 121. The van der Waals surface area contributed by atoms with E-state index in [2.05, 4.69) is 11.0 Å². The summed E-state index contributed by atoms with van der Waals surface area (Å²) < 4.78 is 8.20. The summed E-state index contributed by atoms with van der Waals surface area (Å²) >= 11 is 0.117. The molecule has 3 heteroatoms. The van der Waals surface area contributed by atoms with Crippen LogP contribution in [-0.4, -0.2) is 20.5 Å². The standard InChI is InChI=1S/C5H11OSi.C2H3.Pt/c7-5-3-1-2-4-6-5;1-2;/h1-4H2,7H3;1H,2H2;. The van der Waals surface area contributed by atoms with Gasteiger partial charge in [0.1, 0.15) is 0 Å². The van der Waals surface area contributed by atoms with Crippen LogP contribution < -0.4 is 0 Å². The average Bonchev–Trinajstić information content (AvgIpc) is 1.89. The summed E-state index contributed by atoms with van der Waals surface area (Å²) in [6, 6.07) is 0. The molecule has 1 atom stereocenters. The van der Waals surface area contributed by atoms with Crippen molar-refractivity contribution in [3.63, 3.8) is 0 Å². The zero-order valence-electron chi connectivity index (χ0n) is 6.34. The van der Waals surface area contributed by atoms with E-state index in [0.29, 0.717) is 3.61 Å². The van der Waals surface area contributed by atoms with Crippen molar-refractivity contribution in [2.24, 2.45) is 0 Å². The van der Waals surface area contributed by atoms with Crippen molar-refractivity contribution >= 4 is 10.2 Å². The van der Waals surface area contributed by atoms with Crippen LogP contribution in [-0.2, 0) is 23.3 Å². The van der Waals surface area contributed by atoms with Crippen LogP contribution in [0, 0.1) is 0 Å². The molecule has 0 radical (unpaired) electrons. The first kappa shape index (κ1) is 8.70. The summed E-state index contributed by atoms with van der Waals surface area (Å²) in [5.74, 6) is 0. The SMILES string of the molecule is C=[CH][Pt][C]1([SiH3])CCCCO1. The van der Waals surface area contributed by atoms with Gasteiger partial charge in [-0.05, 0) is 0 Å². The quantitative estimate of drug-likeness (QED) is 0.664. The molecule has 1 heterocycles. The van der Waals surface area contributed by atoms with E-state index in [4.69, 9.17) is 4.74 Å². The van der Waals surface area contributed by atoms with Gasteiger partial charge in [-0.15, -0.1) is 0 Å². The molecular weight excluding hydrogens is 323 g/mol. The van der Waals surface area contributed by atoms with E-state index in [1.807, 2.05) is 0 Å². The van der Waals surface area contributed by atoms with E-state index in [1.54, 1.807) is 0 Å². The topological polar surface area (TPSA) is 9.23 Å². The summed E-state index contributed by atoms with van der Waals surface area (Å²) in [7, 11) is 1.20. The Labute approximate surface area is 74.2 Å². The van der Waals surface area contributed by atoms with Gasteiger partial charge >= 0.3 is 74.1 Å². The maximum atomic E-state index is 5.75. The molecule has 0 saturated carbocycles. The van der Waals surface area contributed by atoms with Gasteiger partial charge in [0, 0.05) is 0 Å². The van der Waals surface area contributed by atoms with Crippen molar-refractivity contribution < 1.29 is 23.3 Å². The molecule has 1 rings (SSSR count). The molecule has 1 unspecified atom stereocenters. The minimum absolute atomic E-state index is 0.117. The fraction of sp³-hybridized carbons (Fsp3) is 0.714. The third kappa shape index (κ3) is 2.33. The van der Waals surface area contributed by atoms with Crippen molar-refractivity contribution in [2.45, 2.75) is 22.9 Å². The van der Waals surface area contributed by atoms with E-state index in [-0.39, 0.29) is 18.6 Å². The van der Waals surface area contributed by atoms with Crippen molar-refractivity contribution in [3.05, 3.63) is 11.0 Å². The fourth-order valence-electron chi connectivity index (χ4n) is 1.09. The normalized spacial score (nSPS) is 34.4. The second kappa shape index (κ2) is 3.84. The van der Waals surface area contributed by atoms with Crippen molar-refractivity contribution in [1.82, 2.24) is 0 Å². The first-order chi connectivity index (χ1) is 4.77. The van der Waals surface area contributed by atoms with E-state index in [9.17, 15) is 0 Å². The minimum atomic E-state index is 0.117. The van der Waals surface area contributed by atoms with Crippen LogP contribution in [0.25, 0.3) is 0 Å². The first-order valence-electron chi connectivity index (χ1n) is 3.60. The molecule has 1 nitrogen and oxygen atoms in total. The molecule has 1 saturated heterocycles. The summed E-state index contributed by atoms with van der Waals surface area (Å²) in [6.45, 7) is 4.79. The molecule has 0 aromatic rings. The Kier molecular flexibility index (Phi) is 3.34. The van der Waals surface area contributed by atoms with E-state index in [0.717, 1.165) is 6.61 Å². The molecular formula is C7H14OPtSi. The van der Waals surface area contributed by atoms with Crippen molar-refractivity contribution in [1.29, 1.82) is 0 Å². The second-order valence-corrected chi connectivity index (χ2v) is 10.3. The van der Waals surface area contributed by atoms with Gasteiger partial charge in [0.05, 0.1) is 0 Å². The van der Waals surface area contributed by atoms with Crippen LogP contribution in [0.2, 0.25) is 0 Å². The third-order valence-corrected chi connectivity index (χ3v) is 6.68. The fourth-order valence-corrected chi connectivity index (χ4v) is 4.84. The van der Waals surface area contributed by atoms with Crippen molar-refractivity contribution in [3.8, 4) is 0 Å². The Morgan fingerprint density at radius 1 is 1.60 bits per heavy atom. The van der Waals surface area contributed by atoms with Crippen LogP contribution in [0.15, 0.2) is 11.0 Å². The Morgan fingerprint density at radius 2 is 2.40 bits per heavy atom. The van der Waals surface area contributed by atoms with E-state index in [1.165, 1.54) is 29.5 Å². The maximum absolute atomic E-state index is 5.75. The molecule has 0 aromatic heterocycles. The van der Waals surface area contributed by atoms with E-state index >= 15 is 0 Å². The van der Waals surface area contributed by atoms with Gasteiger partial charge in [-0.1, -0.05) is 0 Å². The number of ether oxygens (including phenoxy) is 1. The second-order valence-electron chi connectivity index (χ2n) is 2.56. The molecule has 0 amide bonds. The van der Waals surface area contributed by atoms with Gasteiger partial charge < -0.3 is 0 Å². The molecule has 0 bridgehead atoms. The van der Waals surface area contributed by atoms with Crippen LogP contribution in [0.3, 0.4) is 0 Å².